The maximum Gasteiger partial charge on any atom is 0.0772 e. The summed E-state index contributed by atoms with van der Waals surface area (Å²) in [5, 5.41) is 1.79. The number of methoxy groups -OCH3 is 1. The lowest BCUT2D eigenvalue weighted by Crippen LogP contribution is -1.92. The third-order valence-corrected chi connectivity index (χ3v) is 2.47. The van der Waals surface area contributed by atoms with Crippen LogP contribution in [0.4, 0.5) is 0 Å². The molecule has 2 rings (SSSR count). The van der Waals surface area contributed by atoms with Gasteiger partial charge in [-0.05, 0) is 12.1 Å². The number of pyridine rings is 1. The van der Waals surface area contributed by atoms with E-state index in [2.05, 4.69) is 4.98 Å². The fraction of sp³-hybridized carbons (Fsp3) is 0.182. The molecule has 2 aromatic rings. The Bertz CT molecular complexity index is 456. The van der Waals surface area contributed by atoms with Gasteiger partial charge in [0, 0.05) is 29.3 Å². The Balaban J connectivity index is 2.69. The molecule has 0 atom stereocenters. The van der Waals surface area contributed by atoms with E-state index in [0.29, 0.717) is 11.6 Å². The maximum atomic E-state index is 6.06. The van der Waals surface area contributed by atoms with Crippen molar-refractivity contribution in [1.29, 1.82) is 0 Å². The molecule has 0 aliphatic heterocycles. The zero-order chi connectivity index (χ0) is 9.97. The van der Waals surface area contributed by atoms with Crippen LogP contribution < -0.4 is 0 Å². The van der Waals surface area contributed by atoms with Gasteiger partial charge in [-0.3, -0.25) is 4.98 Å². The summed E-state index contributed by atoms with van der Waals surface area (Å²) >= 11 is 6.06. The van der Waals surface area contributed by atoms with E-state index in [1.54, 1.807) is 13.3 Å². The molecule has 3 heteroatoms. The highest BCUT2D eigenvalue weighted by Gasteiger charge is 2.05. The number of aromatic nitrogens is 1. The molecule has 0 radical (unpaired) electrons. The quantitative estimate of drug-likeness (QED) is 0.755. The average molecular weight is 208 g/mol. The Morgan fingerprint density at radius 2 is 2.21 bits per heavy atom. The summed E-state index contributed by atoms with van der Waals surface area (Å²) in [5.41, 5.74) is 1.87. The zero-order valence-electron chi connectivity index (χ0n) is 7.83. The molecule has 14 heavy (non-hydrogen) atoms. The summed E-state index contributed by atoms with van der Waals surface area (Å²) in [7, 11) is 1.65. The van der Waals surface area contributed by atoms with Crippen molar-refractivity contribution >= 4 is 22.5 Å². The van der Waals surface area contributed by atoms with Gasteiger partial charge < -0.3 is 4.74 Å². The van der Waals surface area contributed by atoms with Gasteiger partial charge in [0.1, 0.15) is 0 Å². The number of fused-ring (bicyclic) bond motifs is 1. The molecule has 0 aliphatic carbocycles. The summed E-state index contributed by atoms with van der Waals surface area (Å²) < 4.78 is 5.09. The Morgan fingerprint density at radius 1 is 1.36 bits per heavy atom. The van der Waals surface area contributed by atoms with Crippen LogP contribution >= 0.6 is 11.6 Å². The number of rotatable bonds is 2. The molecule has 0 fully saturated rings. The molecular formula is C11H10ClNO. The fourth-order valence-corrected chi connectivity index (χ4v) is 1.67. The van der Waals surface area contributed by atoms with Crippen LogP contribution in [0.1, 0.15) is 5.56 Å². The standard InChI is InChI=1S/C11H10ClNO/c1-14-7-9-10(12)5-4-8-3-2-6-13-11(8)9/h2-6H,7H2,1H3. The van der Waals surface area contributed by atoms with Gasteiger partial charge in [-0.2, -0.15) is 0 Å². The van der Waals surface area contributed by atoms with Crippen molar-refractivity contribution in [3.05, 3.63) is 41.0 Å². The molecule has 0 bridgehead atoms. The van der Waals surface area contributed by atoms with Crippen molar-refractivity contribution in [2.75, 3.05) is 7.11 Å². The van der Waals surface area contributed by atoms with Gasteiger partial charge >= 0.3 is 0 Å². The summed E-state index contributed by atoms with van der Waals surface area (Å²) in [6, 6.07) is 7.76. The van der Waals surface area contributed by atoms with E-state index in [1.807, 2.05) is 24.3 Å². The first kappa shape index (κ1) is 9.44. The van der Waals surface area contributed by atoms with Crippen LogP contribution in [0.25, 0.3) is 10.9 Å². The van der Waals surface area contributed by atoms with Gasteiger partial charge in [0.15, 0.2) is 0 Å². The molecule has 0 saturated carbocycles. The first-order valence-corrected chi connectivity index (χ1v) is 4.72. The maximum absolute atomic E-state index is 6.06. The molecule has 0 spiro atoms. The monoisotopic (exact) mass is 207 g/mol. The van der Waals surface area contributed by atoms with E-state index in [-0.39, 0.29) is 0 Å². The first-order chi connectivity index (χ1) is 6.83. The molecular weight excluding hydrogens is 198 g/mol. The smallest absolute Gasteiger partial charge is 0.0772 e. The number of hydrogen-bond donors (Lipinski definition) is 0. The summed E-state index contributed by atoms with van der Waals surface area (Å²) in [5.74, 6) is 0. The zero-order valence-corrected chi connectivity index (χ0v) is 8.58. The minimum absolute atomic E-state index is 0.493. The average Bonchev–Trinajstić information content (AvgIpc) is 2.23. The van der Waals surface area contributed by atoms with Crippen LogP contribution in [-0.2, 0) is 11.3 Å². The van der Waals surface area contributed by atoms with Crippen molar-refractivity contribution in [2.45, 2.75) is 6.61 Å². The van der Waals surface area contributed by atoms with E-state index in [0.717, 1.165) is 16.5 Å². The van der Waals surface area contributed by atoms with E-state index < -0.39 is 0 Å². The molecule has 0 amide bonds. The Morgan fingerprint density at radius 3 is 3.00 bits per heavy atom. The summed E-state index contributed by atoms with van der Waals surface area (Å²) in [4.78, 5) is 4.30. The number of benzene rings is 1. The second-order valence-corrected chi connectivity index (χ2v) is 3.44. The van der Waals surface area contributed by atoms with E-state index in [1.165, 1.54) is 0 Å². The molecule has 1 aromatic carbocycles. The van der Waals surface area contributed by atoms with Crippen molar-refractivity contribution in [3.63, 3.8) is 0 Å². The predicted molar refractivity (Wildman–Crippen MR) is 57.5 cm³/mol. The van der Waals surface area contributed by atoms with Crippen LogP contribution in [0.3, 0.4) is 0 Å². The largest absolute Gasteiger partial charge is 0.380 e. The molecule has 0 unspecified atom stereocenters. The minimum Gasteiger partial charge on any atom is -0.380 e. The van der Waals surface area contributed by atoms with Crippen molar-refractivity contribution in [1.82, 2.24) is 4.98 Å². The Labute approximate surface area is 87.5 Å². The lowest BCUT2D eigenvalue weighted by Gasteiger charge is -2.06. The summed E-state index contributed by atoms with van der Waals surface area (Å²) in [6.07, 6.45) is 1.76. The lowest BCUT2D eigenvalue weighted by atomic mass is 10.1. The molecule has 1 aromatic heterocycles. The number of ether oxygens (including phenoxy) is 1. The second kappa shape index (κ2) is 3.95. The van der Waals surface area contributed by atoms with Gasteiger partial charge in [-0.25, -0.2) is 0 Å². The second-order valence-electron chi connectivity index (χ2n) is 3.03. The van der Waals surface area contributed by atoms with E-state index in [9.17, 15) is 0 Å². The van der Waals surface area contributed by atoms with Crippen LogP contribution in [0.2, 0.25) is 5.02 Å². The highest BCUT2D eigenvalue weighted by Crippen LogP contribution is 2.24. The van der Waals surface area contributed by atoms with Gasteiger partial charge in [-0.1, -0.05) is 23.7 Å². The van der Waals surface area contributed by atoms with Gasteiger partial charge in [0.25, 0.3) is 0 Å². The molecule has 1 heterocycles. The first-order valence-electron chi connectivity index (χ1n) is 4.34. The van der Waals surface area contributed by atoms with E-state index in [4.69, 9.17) is 16.3 Å². The Kier molecular flexibility index (Phi) is 2.66. The number of nitrogens with zero attached hydrogens (tertiary/aromatic N) is 1. The third kappa shape index (κ3) is 1.59. The van der Waals surface area contributed by atoms with Gasteiger partial charge in [0.05, 0.1) is 12.1 Å². The number of halogens is 1. The highest BCUT2D eigenvalue weighted by atomic mass is 35.5. The summed E-state index contributed by atoms with van der Waals surface area (Å²) in [6.45, 7) is 0.493. The highest BCUT2D eigenvalue weighted by molar-refractivity contribution is 6.32. The topological polar surface area (TPSA) is 22.1 Å². The predicted octanol–water partition coefficient (Wildman–Crippen LogP) is 3.03. The fourth-order valence-electron chi connectivity index (χ4n) is 1.46. The van der Waals surface area contributed by atoms with Crippen LogP contribution in [0.5, 0.6) is 0 Å². The van der Waals surface area contributed by atoms with E-state index >= 15 is 0 Å². The van der Waals surface area contributed by atoms with Gasteiger partial charge in [-0.15, -0.1) is 0 Å². The van der Waals surface area contributed by atoms with Crippen LogP contribution in [-0.4, -0.2) is 12.1 Å². The van der Waals surface area contributed by atoms with Gasteiger partial charge in [0.2, 0.25) is 0 Å². The molecule has 0 N–H and O–H groups in total. The minimum atomic E-state index is 0.493. The van der Waals surface area contributed by atoms with Crippen LogP contribution in [0, 0.1) is 0 Å². The molecule has 0 saturated heterocycles. The van der Waals surface area contributed by atoms with Crippen molar-refractivity contribution in [2.24, 2.45) is 0 Å². The molecule has 0 aliphatic rings. The molecule has 72 valence electrons. The van der Waals surface area contributed by atoms with Crippen molar-refractivity contribution in [3.8, 4) is 0 Å². The third-order valence-electron chi connectivity index (χ3n) is 2.11. The number of hydrogen-bond acceptors (Lipinski definition) is 2. The molecule has 2 nitrogen and oxygen atoms in total. The normalized spacial score (nSPS) is 10.7. The van der Waals surface area contributed by atoms with Crippen molar-refractivity contribution < 1.29 is 4.74 Å². The van der Waals surface area contributed by atoms with Crippen LogP contribution in [0.15, 0.2) is 30.5 Å². The lowest BCUT2D eigenvalue weighted by molar-refractivity contribution is 0.186. The Hall–Kier alpha value is -1.12. The SMILES string of the molecule is COCc1c(Cl)ccc2cccnc12.